The van der Waals surface area contributed by atoms with Crippen LogP contribution in [0.5, 0.6) is 0 Å². The molecule has 0 heterocycles. The van der Waals surface area contributed by atoms with Gasteiger partial charge in [0.05, 0.1) is 55.1 Å². The molecule has 0 aliphatic heterocycles. The van der Waals surface area contributed by atoms with Crippen LogP contribution in [0.15, 0.2) is 81.8 Å². The molecule has 8 nitrogen and oxygen atoms in total. The van der Waals surface area contributed by atoms with Crippen LogP contribution < -0.4 is 16.0 Å². The first-order chi connectivity index (χ1) is 30.3. The predicted octanol–water partition coefficient (Wildman–Crippen LogP) is 14.9. The summed E-state index contributed by atoms with van der Waals surface area (Å²) in [7, 11) is 1.49. The highest BCUT2D eigenvalue weighted by Crippen LogP contribution is 2.43. The highest BCUT2D eigenvalue weighted by molar-refractivity contribution is 9.10. The summed E-state index contributed by atoms with van der Waals surface area (Å²) in [6, 6.07) is 12.6. The van der Waals surface area contributed by atoms with Crippen LogP contribution in [0, 0.1) is 0 Å². The third kappa shape index (κ3) is 16.7. The van der Waals surface area contributed by atoms with Crippen molar-refractivity contribution in [1.82, 2.24) is 20.9 Å². The maximum absolute atomic E-state index is 13.7. The van der Waals surface area contributed by atoms with Crippen LogP contribution in [0.3, 0.4) is 0 Å². The second kappa shape index (κ2) is 25.0. The first-order valence-electron chi connectivity index (χ1n) is 18.7. The number of benzene rings is 4. The first kappa shape index (κ1) is 55.8. The molecule has 4 aromatic rings. The Bertz CT molecular complexity index is 2410. The normalized spacial score (nSPS) is 12.6. The lowest BCUT2D eigenvalue weighted by Crippen LogP contribution is -2.40. The molecule has 350 valence electrons. The average Bonchev–Trinajstić information content (AvgIpc) is 3.20. The second-order valence-corrected chi connectivity index (χ2v) is 17.7. The van der Waals surface area contributed by atoms with E-state index in [4.69, 9.17) is 69.6 Å². The largest absolute Gasteiger partial charge is 0.399 e. The van der Waals surface area contributed by atoms with Gasteiger partial charge in [0, 0.05) is 40.2 Å². The Morgan fingerprint density at radius 2 is 1.00 bits per heavy atom. The highest BCUT2D eigenvalue weighted by Gasteiger charge is 2.40. The van der Waals surface area contributed by atoms with Crippen molar-refractivity contribution < 1.29 is 45.5 Å². The number of alkyl halides is 6. The molecular formula is C43H36Br2Cl6F6N4O4. The number of ketones is 2. The fraction of sp³-hybridized carbons (Fsp3) is 0.256. The molecule has 0 fully saturated rings. The van der Waals surface area contributed by atoms with Crippen molar-refractivity contribution in [2.75, 3.05) is 33.2 Å². The number of carbonyl (C=O) groups is 4. The van der Waals surface area contributed by atoms with E-state index in [0.717, 1.165) is 36.4 Å². The lowest BCUT2D eigenvalue weighted by molar-refractivity contribution is -0.140. The molecule has 0 saturated heterocycles. The molecule has 22 heteroatoms. The fourth-order valence-corrected chi connectivity index (χ4v) is 8.06. The first-order valence-corrected chi connectivity index (χ1v) is 22.6. The zero-order chi connectivity index (χ0) is 49.0. The molecule has 0 bridgehead atoms. The van der Waals surface area contributed by atoms with Gasteiger partial charge in [0.1, 0.15) is 0 Å². The lowest BCUT2D eigenvalue weighted by atomic mass is 9.96. The molecule has 2 atom stereocenters. The van der Waals surface area contributed by atoms with E-state index in [0.29, 0.717) is 38.7 Å². The molecule has 4 amide bonds. The number of likely N-dealkylation sites (N-methyl/N-ethyl adjacent to an activating group) is 1. The Morgan fingerprint density at radius 1 is 0.615 bits per heavy atom. The highest BCUT2D eigenvalue weighted by atomic mass is 79.9. The zero-order valence-corrected chi connectivity index (χ0v) is 41.6. The van der Waals surface area contributed by atoms with Crippen molar-refractivity contribution >= 4 is 137 Å². The number of carbonyl (C=O) groups excluding carboxylic acids is 4. The van der Waals surface area contributed by atoms with Gasteiger partial charge in [-0.05, 0) is 84.6 Å². The van der Waals surface area contributed by atoms with Crippen LogP contribution in [0.2, 0.25) is 30.1 Å². The van der Waals surface area contributed by atoms with Crippen molar-refractivity contribution in [2.24, 2.45) is 0 Å². The van der Waals surface area contributed by atoms with Crippen LogP contribution in [0.4, 0.5) is 35.9 Å². The Kier molecular flexibility index (Phi) is 21.5. The lowest BCUT2D eigenvalue weighted by Gasteiger charge is -2.18. The van der Waals surface area contributed by atoms with Gasteiger partial charge in [-0.3, -0.25) is 9.59 Å². The number of rotatable bonds is 14. The van der Waals surface area contributed by atoms with Crippen LogP contribution in [0.25, 0.3) is 12.2 Å². The van der Waals surface area contributed by atoms with Crippen molar-refractivity contribution in [1.29, 1.82) is 0 Å². The van der Waals surface area contributed by atoms with Crippen molar-refractivity contribution in [2.45, 2.75) is 38.0 Å². The summed E-state index contributed by atoms with van der Waals surface area (Å²) in [4.78, 5) is 49.2. The molecule has 4 aromatic carbocycles. The summed E-state index contributed by atoms with van der Waals surface area (Å²) >= 11 is 41.8. The van der Waals surface area contributed by atoms with Gasteiger partial charge >= 0.3 is 24.4 Å². The second-order valence-electron chi connectivity index (χ2n) is 13.6. The molecule has 65 heavy (non-hydrogen) atoms. The molecule has 3 N–H and O–H groups in total. The van der Waals surface area contributed by atoms with Gasteiger partial charge in [0.15, 0.2) is 11.6 Å². The number of amides is 4. The maximum Gasteiger partial charge on any atom is 0.399 e. The standard InChI is InChI=1S/C22H19BrCl3F3N2O2.C21H17BrCl3F3N2O2/c1-3-30-21(33)31(2)11-19(32)14-6-4-12(8-16(14)23)5-7-15(22(27,28)29)13-9-17(24)20(26)18(25)10-13;1-2-29-20(32)30-10-18(31)13-5-3-11(7-15(13)22)4-6-14(21(26,27)28)12-8-16(23)19(25)17(24)9-12/h4-10,15H,3,11H2,1-2H3,(H,30,33);3-9,14H,2,10H2,1H3,(H2,29,30,32)/b7-5+;6-4+. The molecule has 0 spiro atoms. The molecule has 4 rings (SSSR count). The van der Waals surface area contributed by atoms with Crippen molar-refractivity contribution in [3.63, 3.8) is 0 Å². The van der Waals surface area contributed by atoms with Crippen LogP contribution >= 0.6 is 101 Å². The third-order valence-electron chi connectivity index (χ3n) is 8.79. The molecule has 0 aliphatic rings. The van der Waals surface area contributed by atoms with Crippen LogP contribution in [0.1, 0.15) is 68.7 Å². The summed E-state index contributed by atoms with van der Waals surface area (Å²) in [6.07, 6.45) is -4.70. The molecule has 0 aromatic heterocycles. The minimum absolute atomic E-state index is 0.0194. The fourth-order valence-electron chi connectivity index (χ4n) is 5.60. The van der Waals surface area contributed by atoms with Gasteiger partial charge in [0.25, 0.3) is 0 Å². The number of Topliss-reactive ketones (excluding diaryl/α,β-unsaturated/α-hetero) is 2. The summed E-state index contributed by atoms with van der Waals surface area (Å²) in [6.45, 7) is 3.95. The number of nitrogens with one attached hydrogen (secondary N) is 3. The number of hydrogen-bond donors (Lipinski definition) is 3. The molecule has 0 aliphatic carbocycles. The monoisotopic (exact) mass is 1150 g/mol. The number of nitrogens with zero attached hydrogens (tertiary/aromatic N) is 1. The topological polar surface area (TPSA) is 108 Å². The maximum atomic E-state index is 13.7. The van der Waals surface area contributed by atoms with Gasteiger partial charge in [-0.15, -0.1) is 0 Å². The molecule has 0 saturated carbocycles. The summed E-state index contributed by atoms with van der Waals surface area (Å²) < 4.78 is 82.9. The number of urea groups is 2. The van der Waals surface area contributed by atoms with Crippen LogP contribution in [-0.4, -0.2) is 74.1 Å². The van der Waals surface area contributed by atoms with Gasteiger partial charge < -0.3 is 20.9 Å². The number of halogens is 14. The van der Waals surface area contributed by atoms with Crippen LogP contribution in [-0.2, 0) is 0 Å². The quantitative estimate of drug-likeness (QED) is 0.0664. The van der Waals surface area contributed by atoms with E-state index in [1.807, 2.05) is 0 Å². The number of allylic oxidation sites excluding steroid dienone is 2. The summed E-state index contributed by atoms with van der Waals surface area (Å²) in [5.74, 6) is -4.64. The van der Waals surface area contributed by atoms with E-state index in [1.54, 1.807) is 13.8 Å². The molecule has 0 radical (unpaired) electrons. The van der Waals surface area contributed by atoms with E-state index in [2.05, 4.69) is 47.8 Å². The third-order valence-corrected chi connectivity index (χ3v) is 12.5. The SMILES string of the molecule is CCNC(=O)N(C)CC(=O)c1ccc(/C=C/C(c2cc(Cl)c(Cl)c(Cl)c2)C(F)(F)F)cc1Br.CCNC(=O)NCC(=O)c1ccc(/C=C/C(c2cc(Cl)c(Cl)c(Cl)c2)C(F)(F)F)cc1Br. The molecule has 2 unspecified atom stereocenters. The van der Waals surface area contributed by atoms with E-state index >= 15 is 0 Å². The van der Waals surface area contributed by atoms with Gasteiger partial charge in [-0.1, -0.05) is 138 Å². The Labute approximate surface area is 417 Å². The minimum atomic E-state index is -4.60. The number of hydrogen-bond acceptors (Lipinski definition) is 4. The van der Waals surface area contributed by atoms with Gasteiger partial charge in [0.2, 0.25) is 0 Å². The van der Waals surface area contributed by atoms with Crippen molar-refractivity contribution in [3.8, 4) is 0 Å². The Hall–Kier alpha value is -3.48. The van der Waals surface area contributed by atoms with E-state index in [-0.39, 0.29) is 77.5 Å². The average molecular weight is 1160 g/mol. The smallest absolute Gasteiger partial charge is 0.338 e. The Balaban J connectivity index is 0.000000345. The van der Waals surface area contributed by atoms with E-state index in [9.17, 15) is 45.5 Å². The van der Waals surface area contributed by atoms with E-state index in [1.165, 1.54) is 60.5 Å². The van der Waals surface area contributed by atoms with Gasteiger partial charge in [-0.2, -0.15) is 26.3 Å². The summed E-state index contributed by atoms with van der Waals surface area (Å²) in [5, 5.41) is 7.15. The Morgan fingerprint density at radius 3 is 1.35 bits per heavy atom. The minimum Gasteiger partial charge on any atom is -0.338 e. The van der Waals surface area contributed by atoms with Crippen molar-refractivity contribution in [3.05, 3.63) is 145 Å². The van der Waals surface area contributed by atoms with Gasteiger partial charge in [-0.25, -0.2) is 9.59 Å². The predicted molar refractivity (Wildman–Crippen MR) is 254 cm³/mol. The summed E-state index contributed by atoms with van der Waals surface area (Å²) in [5.41, 5.74) is 1.11. The molecular weight excluding hydrogens is 1120 g/mol. The van der Waals surface area contributed by atoms with E-state index < -0.39 is 30.2 Å². The zero-order valence-electron chi connectivity index (χ0n) is 33.9.